The van der Waals surface area contributed by atoms with E-state index in [0.29, 0.717) is 17.3 Å². The molecule has 9 heteroatoms. The SMILES string of the molecule is CNc1ncnc(N)c1N=CSc1cc2c(cc1I)OCO2. The Morgan fingerprint density at radius 1 is 1.36 bits per heavy atom. The van der Waals surface area contributed by atoms with Crippen LogP contribution in [-0.2, 0) is 0 Å². The summed E-state index contributed by atoms with van der Waals surface area (Å²) in [5.74, 6) is 2.43. The van der Waals surface area contributed by atoms with Gasteiger partial charge in [-0.2, -0.15) is 0 Å². The zero-order chi connectivity index (χ0) is 15.5. The summed E-state index contributed by atoms with van der Waals surface area (Å²) in [6.45, 7) is 0.261. The van der Waals surface area contributed by atoms with E-state index in [4.69, 9.17) is 15.2 Å². The predicted octanol–water partition coefficient (Wildman–Crippen LogP) is 2.89. The first kappa shape index (κ1) is 15.2. The normalized spacial score (nSPS) is 12.8. The van der Waals surface area contributed by atoms with E-state index in [1.54, 1.807) is 12.6 Å². The lowest BCUT2D eigenvalue weighted by Gasteiger charge is -2.05. The number of halogens is 1. The topological polar surface area (TPSA) is 94.7 Å². The third-order valence-electron chi connectivity index (χ3n) is 2.88. The number of nitrogens with one attached hydrogen (secondary N) is 1. The first-order valence-corrected chi connectivity index (χ1v) is 8.21. The number of anilines is 2. The summed E-state index contributed by atoms with van der Waals surface area (Å²) < 4.78 is 11.8. The number of nitrogens with two attached hydrogens (primary N) is 1. The van der Waals surface area contributed by atoms with Crippen LogP contribution in [0.1, 0.15) is 0 Å². The van der Waals surface area contributed by atoms with Crippen molar-refractivity contribution in [2.24, 2.45) is 4.99 Å². The summed E-state index contributed by atoms with van der Waals surface area (Å²) in [5, 5.41) is 2.94. The predicted molar refractivity (Wildman–Crippen MR) is 95.3 cm³/mol. The summed E-state index contributed by atoms with van der Waals surface area (Å²) in [6, 6.07) is 3.88. The number of thioether (sulfide) groups is 1. The van der Waals surface area contributed by atoms with Gasteiger partial charge < -0.3 is 20.5 Å². The van der Waals surface area contributed by atoms with Gasteiger partial charge in [-0.25, -0.2) is 15.0 Å². The minimum Gasteiger partial charge on any atom is -0.454 e. The molecule has 2 aromatic rings. The second-order valence-electron chi connectivity index (χ2n) is 4.19. The lowest BCUT2D eigenvalue weighted by molar-refractivity contribution is 0.174. The van der Waals surface area contributed by atoms with Gasteiger partial charge in [-0.3, -0.25) is 0 Å². The van der Waals surface area contributed by atoms with Crippen LogP contribution in [0, 0.1) is 3.57 Å². The van der Waals surface area contributed by atoms with Crippen LogP contribution in [0.15, 0.2) is 28.3 Å². The number of fused-ring (bicyclic) bond motifs is 1. The quantitative estimate of drug-likeness (QED) is 0.334. The van der Waals surface area contributed by atoms with Crippen molar-refractivity contribution in [3.8, 4) is 11.5 Å². The third kappa shape index (κ3) is 3.04. The summed E-state index contributed by atoms with van der Waals surface area (Å²) in [4.78, 5) is 13.4. The molecule has 0 radical (unpaired) electrons. The number of nitrogens with zero attached hydrogens (tertiary/aromatic N) is 3. The van der Waals surface area contributed by atoms with Crippen molar-refractivity contribution in [1.29, 1.82) is 0 Å². The molecule has 0 unspecified atom stereocenters. The maximum Gasteiger partial charge on any atom is 0.231 e. The first-order chi connectivity index (χ1) is 10.7. The summed E-state index contributed by atoms with van der Waals surface area (Å²) >= 11 is 3.71. The molecule has 0 bridgehead atoms. The Morgan fingerprint density at radius 3 is 2.91 bits per heavy atom. The number of ether oxygens (including phenoxy) is 2. The molecule has 0 spiro atoms. The lowest BCUT2D eigenvalue weighted by Crippen LogP contribution is -1.98. The third-order valence-corrected chi connectivity index (χ3v) is 4.94. The molecule has 3 rings (SSSR count). The Kier molecular flexibility index (Phi) is 4.52. The first-order valence-electron chi connectivity index (χ1n) is 6.25. The van der Waals surface area contributed by atoms with Crippen LogP contribution in [0.3, 0.4) is 0 Å². The number of nitrogen functional groups attached to an aromatic ring is 1. The highest BCUT2D eigenvalue weighted by Gasteiger charge is 2.16. The summed E-state index contributed by atoms with van der Waals surface area (Å²) in [5.41, 5.74) is 8.05. The smallest absolute Gasteiger partial charge is 0.231 e. The monoisotopic (exact) mass is 429 g/mol. The molecule has 22 heavy (non-hydrogen) atoms. The van der Waals surface area contributed by atoms with E-state index in [-0.39, 0.29) is 6.79 Å². The molecule has 7 nitrogen and oxygen atoms in total. The zero-order valence-corrected chi connectivity index (χ0v) is 14.5. The van der Waals surface area contributed by atoms with Gasteiger partial charge in [0.25, 0.3) is 0 Å². The zero-order valence-electron chi connectivity index (χ0n) is 11.5. The van der Waals surface area contributed by atoms with Gasteiger partial charge in [-0.05, 0) is 34.7 Å². The van der Waals surface area contributed by atoms with E-state index >= 15 is 0 Å². The standard InChI is InChI=1S/C13H12IN5O2S/c1-16-13-11(12(15)17-4-18-13)19-5-22-10-3-9-8(2-7(10)14)20-6-21-9/h2-5H,6H2,1H3,(H3,15,16,17,18). The highest BCUT2D eigenvalue weighted by atomic mass is 127. The molecular formula is C13H12IN5O2S. The Labute approximate surface area is 144 Å². The fourth-order valence-corrected chi connectivity index (χ4v) is 3.27. The molecule has 0 aliphatic carbocycles. The van der Waals surface area contributed by atoms with Gasteiger partial charge >= 0.3 is 0 Å². The van der Waals surface area contributed by atoms with Crippen molar-refractivity contribution < 1.29 is 9.47 Å². The minimum absolute atomic E-state index is 0.261. The molecule has 0 fully saturated rings. The maximum absolute atomic E-state index is 5.83. The van der Waals surface area contributed by atoms with Gasteiger partial charge in [0.2, 0.25) is 6.79 Å². The molecule has 0 saturated heterocycles. The number of hydrogen-bond acceptors (Lipinski definition) is 8. The Morgan fingerprint density at radius 2 is 2.14 bits per heavy atom. The van der Waals surface area contributed by atoms with Crippen molar-refractivity contribution >= 4 is 57.2 Å². The van der Waals surface area contributed by atoms with Gasteiger partial charge in [0.1, 0.15) is 12.0 Å². The molecular weight excluding hydrogens is 417 g/mol. The number of rotatable bonds is 4. The maximum atomic E-state index is 5.83. The van der Waals surface area contributed by atoms with Gasteiger partial charge in [-0.15, -0.1) is 0 Å². The van der Waals surface area contributed by atoms with E-state index in [1.165, 1.54) is 18.1 Å². The molecule has 0 atom stereocenters. The molecule has 0 amide bonds. The van der Waals surface area contributed by atoms with Crippen LogP contribution in [0.2, 0.25) is 0 Å². The number of hydrogen-bond donors (Lipinski definition) is 2. The number of aromatic nitrogens is 2. The van der Waals surface area contributed by atoms with E-state index in [2.05, 4.69) is 42.9 Å². The van der Waals surface area contributed by atoms with Crippen molar-refractivity contribution in [2.45, 2.75) is 4.90 Å². The second-order valence-corrected chi connectivity index (χ2v) is 6.24. The molecule has 3 N–H and O–H groups in total. The molecule has 114 valence electrons. The number of benzene rings is 1. The van der Waals surface area contributed by atoms with Gasteiger partial charge in [0, 0.05) is 15.5 Å². The second kappa shape index (κ2) is 6.57. The molecule has 1 aliphatic heterocycles. The highest BCUT2D eigenvalue weighted by Crippen LogP contribution is 2.38. The van der Waals surface area contributed by atoms with E-state index in [9.17, 15) is 0 Å². The fraction of sp³-hybridized carbons (Fsp3) is 0.154. The van der Waals surface area contributed by atoms with E-state index in [1.807, 2.05) is 12.1 Å². The fourth-order valence-electron chi connectivity index (χ4n) is 1.83. The summed E-state index contributed by atoms with van der Waals surface area (Å²) in [7, 11) is 1.76. The highest BCUT2D eigenvalue weighted by molar-refractivity contribution is 14.1. The van der Waals surface area contributed by atoms with Crippen molar-refractivity contribution in [3.63, 3.8) is 0 Å². The number of aliphatic imine (C=N–C) groups is 1. The van der Waals surface area contributed by atoms with Crippen molar-refractivity contribution in [3.05, 3.63) is 22.0 Å². The van der Waals surface area contributed by atoms with Crippen LogP contribution < -0.4 is 20.5 Å². The average molecular weight is 429 g/mol. The van der Waals surface area contributed by atoms with Crippen molar-refractivity contribution in [2.75, 3.05) is 24.9 Å². The van der Waals surface area contributed by atoms with Gasteiger partial charge in [0.05, 0.1) is 5.55 Å². The average Bonchev–Trinajstić information content (AvgIpc) is 2.95. The van der Waals surface area contributed by atoms with Crippen LogP contribution in [-0.4, -0.2) is 29.4 Å². The van der Waals surface area contributed by atoms with Crippen LogP contribution in [0.4, 0.5) is 17.3 Å². The van der Waals surface area contributed by atoms with Gasteiger partial charge in [0.15, 0.2) is 23.1 Å². The Balaban J connectivity index is 1.81. The molecule has 1 aliphatic rings. The minimum atomic E-state index is 0.261. The van der Waals surface area contributed by atoms with Crippen LogP contribution >= 0.6 is 34.4 Å². The van der Waals surface area contributed by atoms with Crippen LogP contribution in [0.5, 0.6) is 11.5 Å². The molecule has 0 saturated carbocycles. The summed E-state index contributed by atoms with van der Waals surface area (Å²) in [6.07, 6.45) is 1.40. The Bertz CT molecular complexity index is 741. The Hall–Kier alpha value is -1.75. The van der Waals surface area contributed by atoms with E-state index < -0.39 is 0 Å². The van der Waals surface area contributed by atoms with Crippen LogP contribution in [0.25, 0.3) is 0 Å². The van der Waals surface area contributed by atoms with Crippen molar-refractivity contribution in [1.82, 2.24) is 9.97 Å². The van der Waals surface area contributed by atoms with Gasteiger partial charge in [-0.1, -0.05) is 11.8 Å². The molecule has 1 aromatic heterocycles. The molecule has 2 heterocycles. The largest absolute Gasteiger partial charge is 0.454 e. The lowest BCUT2D eigenvalue weighted by atomic mass is 10.3. The van der Waals surface area contributed by atoms with E-state index in [0.717, 1.165) is 20.0 Å². The molecule has 1 aromatic carbocycles.